The van der Waals surface area contributed by atoms with Crippen molar-refractivity contribution in [2.45, 2.75) is 24.7 Å². The number of anilines is 1. The first-order chi connectivity index (χ1) is 10.4. The second-order valence-corrected chi connectivity index (χ2v) is 5.21. The number of aliphatic hydroxyl groups excluding tert-OH is 1. The molecule has 2 aromatic rings. The second kappa shape index (κ2) is 5.14. The molecule has 1 aromatic heterocycles. The molecular weight excluding hydrogens is 295 g/mol. The monoisotopic (exact) mass is 307 g/mol. The van der Waals surface area contributed by atoms with Crippen molar-refractivity contribution in [1.29, 1.82) is 5.26 Å². The van der Waals surface area contributed by atoms with Gasteiger partial charge in [-0.3, -0.25) is 0 Å². The van der Waals surface area contributed by atoms with Gasteiger partial charge < -0.3 is 10.0 Å². The lowest BCUT2D eigenvalue weighted by Gasteiger charge is -2.45. The highest BCUT2D eigenvalue weighted by atomic mass is 19.4. The Kier molecular flexibility index (Phi) is 3.41. The summed E-state index contributed by atoms with van der Waals surface area (Å²) >= 11 is 0. The van der Waals surface area contributed by atoms with Gasteiger partial charge in [-0.15, -0.1) is 0 Å². The molecule has 1 saturated heterocycles. The molecule has 0 aliphatic carbocycles. The Morgan fingerprint density at radius 3 is 2.73 bits per heavy atom. The Balaban J connectivity index is 1.93. The minimum atomic E-state index is -4.63. The molecule has 1 aliphatic rings. The van der Waals surface area contributed by atoms with E-state index in [-0.39, 0.29) is 5.69 Å². The van der Waals surface area contributed by atoms with Gasteiger partial charge in [0.25, 0.3) is 0 Å². The number of hydrogen-bond donors (Lipinski definition) is 1. The normalized spacial score (nSPS) is 19.6. The lowest BCUT2D eigenvalue weighted by Crippen LogP contribution is -2.58. The number of hydrogen-bond acceptors (Lipinski definition) is 4. The van der Waals surface area contributed by atoms with Crippen LogP contribution in [0.15, 0.2) is 30.5 Å². The second-order valence-electron chi connectivity index (χ2n) is 5.21. The van der Waals surface area contributed by atoms with Crippen molar-refractivity contribution >= 4 is 16.5 Å². The molecule has 1 aliphatic heterocycles. The molecule has 1 N–H and O–H groups in total. The smallest absolute Gasteiger partial charge is 0.382 e. The highest BCUT2D eigenvalue weighted by Crippen LogP contribution is 2.35. The van der Waals surface area contributed by atoms with E-state index in [0.29, 0.717) is 24.0 Å². The molecule has 0 bridgehead atoms. The van der Waals surface area contributed by atoms with Crippen molar-refractivity contribution < 1.29 is 18.3 Å². The number of halogens is 3. The van der Waals surface area contributed by atoms with E-state index >= 15 is 0 Å². The van der Waals surface area contributed by atoms with Crippen LogP contribution >= 0.6 is 0 Å². The zero-order valence-corrected chi connectivity index (χ0v) is 11.4. The van der Waals surface area contributed by atoms with E-state index in [4.69, 9.17) is 5.26 Å². The Morgan fingerprint density at radius 2 is 2.14 bits per heavy atom. The Bertz CT molecular complexity index is 754. The number of benzene rings is 1. The molecule has 22 heavy (non-hydrogen) atoms. The Hall–Kier alpha value is -2.33. The SMILES string of the molecule is N#Cc1nccc2cc(N3CCC3[C@H](O)C(F)(F)F)ccc12. The molecule has 0 saturated carbocycles. The topological polar surface area (TPSA) is 60.2 Å². The molecule has 0 amide bonds. The van der Waals surface area contributed by atoms with Gasteiger partial charge in [-0.25, -0.2) is 4.98 Å². The molecule has 2 atom stereocenters. The highest BCUT2D eigenvalue weighted by Gasteiger charge is 2.48. The molecule has 1 aromatic carbocycles. The van der Waals surface area contributed by atoms with Crippen LogP contribution in [0.4, 0.5) is 18.9 Å². The summed E-state index contributed by atoms with van der Waals surface area (Å²) in [6, 6.07) is 7.76. The van der Waals surface area contributed by atoms with Crippen LogP contribution in [-0.4, -0.2) is 35.0 Å². The van der Waals surface area contributed by atoms with Crippen LogP contribution in [0, 0.1) is 11.3 Å². The fourth-order valence-electron chi connectivity index (χ4n) is 2.71. The summed E-state index contributed by atoms with van der Waals surface area (Å²) in [4.78, 5) is 5.48. The summed E-state index contributed by atoms with van der Waals surface area (Å²) in [6.07, 6.45) is -5.21. The Labute approximate surface area is 124 Å². The van der Waals surface area contributed by atoms with E-state index in [2.05, 4.69) is 4.98 Å². The van der Waals surface area contributed by atoms with Gasteiger partial charge in [-0.2, -0.15) is 18.4 Å². The fourth-order valence-corrected chi connectivity index (χ4v) is 2.71. The average molecular weight is 307 g/mol. The number of nitriles is 1. The van der Waals surface area contributed by atoms with Gasteiger partial charge in [0, 0.05) is 23.8 Å². The van der Waals surface area contributed by atoms with Crippen LogP contribution in [0.1, 0.15) is 12.1 Å². The summed E-state index contributed by atoms with van der Waals surface area (Å²) in [7, 11) is 0. The maximum absolute atomic E-state index is 12.6. The number of rotatable bonds is 2. The molecule has 0 spiro atoms. The summed E-state index contributed by atoms with van der Waals surface area (Å²) in [5, 5.41) is 19.8. The van der Waals surface area contributed by atoms with Gasteiger partial charge >= 0.3 is 6.18 Å². The summed E-state index contributed by atoms with van der Waals surface area (Å²) < 4.78 is 37.9. The summed E-state index contributed by atoms with van der Waals surface area (Å²) in [5.41, 5.74) is 0.877. The van der Waals surface area contributed by atoms with Gasteiger partial charge in [0.15, 0.2) is 6.10 Å². The first-order valence-corrected chi connectivity index (χ1v) is 6.72. The predicted molar refractivity (Wildman–Crippen MR) is 74.3 cm³/mol. The third-order valence-electron chi connectivity index (χ3n) is 3.95. The summed E-state index contributed by atoms with van der Waals surface area (Å²) in [6.45, 7) is 0.458. The van der Waals surface area contributed by atoms with Crippen molar-refractivity contribution in [3.63, 3.8) is 0 Å². The van der Waals surface area contributed by atoms with Gasteiger partial charge in [0.2, 0.25) is 0 Å². The molecule has 7 heteroatoms. The maximum atomic E-state index is 12.6. The largest absolute Gasteiger partial charge is 0.416 e. The molecule has 4 nitrogen and oxygen atoms in total. The van der Waals surface area contributed by atoms with Gasteiger partial charge in [0.05, 0.1) is 6.04 Å². The number of alkyl halides is 3. The van der Waals surface area contributed by atoms with Crippen molar-refractivity contribution in [1.82, 2.24) is 4.98 Å². The number of aromatic nitrogens is 1. The van der Waals surface area contributed by atoms with E-state index in [1.807, 2.05) is 6.07 Å². The predicted octanol–water partition coefficient (Wildman–Crippen LogP) is 2.61. The third-order valence-corrected chi connectivity index (χ3v) is 3.95. The third kappa shape index (κ3) is 2.35. The zero-order valence-electron chi connectivity index (χ0n) is 11.4. The maximum Gasteiger partial charge on any atom is 0.416 e. The van der Waals surface area contributed by atoms with Crippen molar-refractivity contribution in [2.24, 2.45) is 0 Å². The van der Waals surface area contributed by atoms with Gasteiger partial charge in [0.1, 0.15) is 11.8 Å². The van der Waals surface area contributed by atoms with Crippen LogP contribution in [-0.2, 0) is 0 Å². The molecule has 1 fully saturated rings. The highest BCUT2D eigenvalue weighted by molar-refractivity contribution is 5.89. The first kappa shape index (κ1) is 14.6. The molecule has 2 heterocycles. The van der Waals surface area contributed by atoms with Crippen molar-refractivity contribution in [3.8, 4) is 6.07 Å². The van der Waals surface area contributed by atoms with E-state index in [1.165, 1.54) is 11.1 Å². The van der Waals surface area contributed by atoms with E-state index in [0.717, 1.165) is 5.39 Å². The van der Waals surface area contributed by atoms with E-state index < -0.39 is 18.3 Å². The van der Waals surface area contributed by atoms with Crippen molar-refractivity contribution in [2.75, 3.05) is 11.4 Å². The summed E-state index contributed by atoms with van der Waals surface area (Å²) in [5.74, 6) is 0. The fraction of sp³-hybridized carbons (Fsp3) is 0.333. The molecule has 114 valence electrons. The lowest BCUT2D eigenvalue weighted by atomic mass is 9.95. The van der Waals surface area contributed by atoms with E-state index in [9.17, 15) is 18.3 Å². The molecular formula is C15H12F3N3O. The average Bonchev–Trinajstić information content (AvgIpc) is 2.44. The Morgan fingerprint density at radius 1 is 1.36 bits per heavy atom. The van der Waals surface area contributed by atoms with Crippen LogP contribution in [0.2, 0.25) is 0 Å². The molecule has 1 unspecified atom stereocenters. The van der Waals surface area contributed by atoms with E-state index in [1.54, 1.807) is 24.3 Å². The van der Waals surface area contributed by atoms with Gasteiger partial charge in [-0.05, 0) is 36.1 Å². The number of pyridine rings is 1. The quantitative estimate of drug-likeness (QED) is 0.926. The standard InChI is InChI=1S/C15H12F3N3O/c16-15(17,18)14(22)13-4-6-21(13)10-1-2-11-9(7-10)3-5-20-12(11)8-19/h1-3,5,7,13-14,22H,4,6H2/t13?,14-/m0/s1. The van der Waals surface area contributed by atoms with Crippen LogP contribution in [0.3, 0.4) is 0 Å². The minimum absolute atomic E-state index is 0.277. The van der Waals surface area contributed by atoms with Crippen molar-refractivity contribution in [3.05, 3.63) is 36.2 Å². The number of nitrogens with zero attached hydrogens (tertiary/aromatic N) is 3. The molecule has 3 rings (SSSR count). The van der Waals surface area contributed by atoms with Crippen LogP contribution < -0.4 is 4.90 Å². The molecule has 0 radical (unpaired) electrons. The zero-order chi connectivity index (χ0) is 15.9. The van der Waals surface area contributed by atoms with Crippen LogP contribution in [0.5, 0.6) is 0 Å². The number of fused-ring (bicyclic) bond motifs is 1. The minimum Gasteiger partial charge on any atom is -0.382 e. The first-order valence-electron chi connectivity index (χ1n) is 6.72. The number of aliphatic hydroxyl groups is 1. The lowest BCUT2D eigenvalue weighted by molar-refractivity contribution is -0.213. The van der Waals surface area contributed by atoms with Gasteiger partial charge in [-0.1, -0.05) is 0 Å². The van der Waals surface area contributed by atoms with Crippen LogP contribution in [0.25, 0.3) is 10.8 Å².